The van der Waals surface area contributed by atoms with Gasteiger partial charge in [0.15, 0.2) is 0 Å². The summed E-state index contributed by atoms with van der Waals surface area (Å²) >= 11 is 0. The van der Waals surface area contributed by atoms with E-state index in [1.165, 1.54) is 25.7 Å². The standard InChI is InChI=1S/C15H24N4/c1-3-13-18-14(16-2)8-15(19-13)17-9-12-7-10-4-5-11(12)6-10/h8,10-12H,3-7,9H2,1-2H3,(H2,16,17,18,19). The molecule has 0 aromatic carbocycles. The van der Waals surface area contributed by atoms with Crippen molar-refractivity contribution >= 4 is 11.6 Å². The lowest BCUT2D eigenvalue weighted by Crippen LogP contribution is -2.20. The predicted octanol–water partition coefficient (Wildman–Crippen LogP) is 2.93. The molecule has 0 saturated heterocycles. The van der Waals surface area contributed by atoms with Crippen molar-refractivity contribution < 1.29 is 0 Å². The van der Waals surface area contributed by atoms with E-state index in [-0.39, 0.29) is 0 Å². The van der Waals surface area contributed by atoms with E-state index in [9.17, 15) is 0 Å². The molecule has 0 amide bonds. The van der Waals surface area contributed by atoms with E-state index >= 15 is 0 Å². The number of nitrogens with one attached hydrogen (secondary N) is 2. The molecular weight excluding hydrogens is 236 g/mol. The lowest BCUT2D eigenvalue weighted by molar-refractivity contribution is 0.348. The van der Waals surface area contributed by atoms with E-state index in [0.717, 1.165) is 48.2 Å². The minimum Gasteiger partial charge on any atom is -0.373 e. The first kappa shape index (κ1) is 12.7. The molecule has 2 aliphatic rings. The van der Waals surface area contributed by atoms with Crippen LogP contribution in [0.4, 0.5) is 11.6 Å². The second kappa shape index (κ2) is 5.35. The van der Waals surface area contributed by atoms with Crippen LogP contribution in [0.5, 0.6) is 0 Å². The highest BCUT2D eigenvalue weighted by Gasteiger charge is 2.39. The van der Waals surface area contributed by atoms with E-state index in [0.29, 0.717) is 0 Å². The van der Waals surface area contributed by atoms with Gasteiger partial charge in [0.25, 0.3) is 0 Å². The predicted molar refractivity (Wildman–Crippen MR) is 78.4 cm³/mol. The Hall–Kier alpha value is -1.32. The van der Waals surface area contributed by atoms with Crippen LogP contribution in [0, 0.1) is 17.8 Å². The molecule has 2 fully saturated rings. The van der Waals surface area contributed by atoms with Crippen LogP contribution >= 0.6 is 0 Å². The quantitative estimate of drug-likeness (QED) is 0.854. The summed E-state index contributed by atoms with van der Waals surface area (Å²) in [5, 5.41) is 6.64. The van der Waals surface area contributed by atoms with Gasteiger partial charge in [0, 0.05) is 26.1 Å². The molecule has 3 atom stereocenters. The SMILES string of the molecule is CCc1nc(NC)cc(NCC2CC3CCC2C3)n1. The zero-order valence-electron chi connectivity index (χ0n) is 11.9. The third kappa shape index (κ3) is 2.67. The fraction of sp³-hybridized carbons (Fsp3) is 0.733. The van der Waals surface area contributed by atoms with Crippen molar-refractivity contribution in [1.82, 2.24) is 9.97 Å². The normalized spacial score (nSPS) is 28.6. The summed E-state index contributed by atoms with van der Waals surface area (Å²) in [6, 6.07) is 2.01. The van der Waals surface area contributed by atoms with Crippen molar-refractivity contribution in [2.75, 3.05) is 24.2 Å². The Bertz CT molecular complexity index is 424. The maximum absolute atomic E-state index is 4.56. The van der Waals surface area contributed by atoms with Crippen molar-refractivity contribution in [3.05, 3.63) is 11.9 Å². The van der Waals surface area contributed by atoms with Crippen LogP contribution < -0.4 is 10.6 Å². The van der Waals surface area contributed by atoms with Gasteiger partial charge in [-0.2, -0.15) is 0 Å². The molecule has 2 N–H and O–H groups in total. The maximum atomic E-state index is 4.56. The number of nitrogens with zero attached hydrogens (tertiary/aromatic N) is 2. The van der Waals surface area contributed by atoms with Crippen molar-refractivity contribution in [3.8, 4) is 0 Å². The fourth-order valence-corrected chi connectivity index (χ4v) is 3.74. The average Bonchev–Trinajstić information content (AvgIpc) is 3.07. The lowest BCUT2D eigenvalue weighted by atomic mass is 9.89. The second-order valence-electron chi connectivity index (χ2n) is 5.97. The summed E-state index contributed by atoms with van der Waals surface area (Å²) < 4.78 is 0. The smallest absolute Gasteiger partial charge is 0.132 e. The van der Waals surface area contributed by atoms with Crippen molar-refractivity contribution in [3.63, 3.8) is 0 Å². The van der Waals surface area contributed by atoms with Crippen LogP contribution in [-0.4, -0.2) is 23.6 Å². The maximum Gasteiger partial charge on any atom is 0.132 e. The molecule has 19 heavy (non-hydrogen) atoms. The van der Waals surface area contributed by atoms with Gasteiger partial charge in [0.05, 0.1) is 0 Å². The summed E-state index contributed by atoms with van der Waals surface area (Å²) in [5.74, 6) is 5.62. The number of anilines is 2. The van der Waals surface area contributed by atoms with Crippen LogP contribution in [0.15, 0.2) is 6.07 Å². The van der Waals surface area contributed by atoms with Crippen LogP contribution in [0.1, 0.15) is 38.4 Å². The number of aromatic nitrogens is 2. The summed E-state index contributed by atoms with van der Waals surface area (Å²) in [6.07, 6.45) is 6.68. The van der Waals surface area contributed by atoms with E-state index < -0.39 is 0 Å². The molecular formula is C15H24N4. The zero-order chi connectivity index (χ0) is 13.2. The van der Waals surface area contributed by atoms with Gasteiger partial charge >= 0.3 is 0 Å². The summed E-state index contributed by atoms with van der Waals surface area (Å²) in [7, 11) is 1.90. The molecule has 2 saturated carbocycles. The highest BCUT2D eigenvalue weighted by Crippen LogP contribution is 2.48. The number of aryl methyl sites for hydroxylation is 1. The Balaban J connectivity index is 1.63. The molecule has 0 aliphatic heterocycles. The molecule has 4 nitrogen and oxygen atoms in total. The Morgan fingerprint density at radius 1 is 1.21 bits per heavy atom. The number of rotatable bonds is 5. The zero-order valence-corrected chi connectivity index (χ0v) is 11.9. The topological polar surface area (TPSA) is 49.8 Å². The molecule has 4 heteroatoms. The van der Waals surface area contributed by atoms with E-state index in [4.69, 9.17) is 0 Å². The molecule has 3 unspecified atom stereocenters. The molecule has 1 aromatic heterocycles. The fourth-order valence-electron chi connectivity index (χ4n) is 3.74. The van der Waals surface area contributed by atoms with Crippen LogP contribution in [0.25, 0.3) is 0 Å². The molecule has 1 heterocycles. The van der Waals surface area contributed by atoms with Gasteiger partial charge in [-0.1, -0.05) is 13.3 Å². The Morgan fingerprint density at radius 3 is 2.68 bits per heavy atom. The molecule has 2 aliphatic carbocycles. The number of fused-ring (bicyclic) bond motifs is 2. The third-order valence-electron chi connectivity index (χ3n) is 4.77. The molecule has 104 valence electrons. The van der Waals surface area contributed by atoms with Gasteiger partial charge in [-0.15, -0.1) is 0 Å². The first-order valence-electron chi connectivity index (χ1n) is 7.58. The van der Waals surface area contributed by atoms with E-state index in [1.807, 2.05) is 13.1 Å². The largest absolute Gasteiger partial charge is 0.373 e. The minimum atomic E-state index is 0.858. The second-order valence-corrected chi connectivity index (χ2v) is 5.97. The highest BCUT2D eigenvalue weighted by molar-refractivity contribution is 5.47. The van der Waals surface area contributed by atoms with Crippen molar-refractivity contribution in [2.45, 2.75) is 39.0 Å². The molecule has 0 radical (unpaired) electrons. The Kier molecular flexibility index (Phi) is 3.58. The van der Waals surface area contributed by atoms with E-state index in [2.05, 4.69) is 27.5 Å². The monoisotopic (exact) mass is 260 g/mol. The molecule has 3 rings (SSSR count). The van der Waals surface area contributed by atoms with Gasteiger partial charge < -0.3 is 10.6 Å². The minimum absolute atomic E-state index is 0.858. The van der Waals surface area contributed by atoms with Crippen LogP contribution in [0.2, 0.25) is 0 Å². The van der Waals surface area contributed by atoms with E-state index in [1.54, 1.807) is 0 Å². The number of hydrogen-bond donors (Lipinski definition) is 2. The summed E-state index contributed by atoms with van der Waals surface area (Å²) in [5.41, 5.74) is 0. The Morgan fingerprint density at radius 2 is 2.05 bits per heavy atom. The van der Waals surface area contributed by atoms with Gasteiger partial charge in [-0.3, -0.25) is 0 Å². The van der Waals surface area contributed by atoms with Gasteiger partial charge in [0.1, 0.15) is 17.5 Å². The Labute approximate surface area is 115 Å². The lowest BCUT2D eigenvalue weighted by Gasteiger charge is -2.22. The summed E-state index contributed by atoms with van der Waals surface area (Å²) in [4.78, 5) is 8.99. The number of hydrogen-bond acceptors (Lipinski definition) is 4. The highest BCUT2D eigenvalue weighted by atomic mass is 15.1. The van der Waals surface area contributed by atoms with Gasteiger partial charge in [-0.05, 0) is 37.0 Å². The van der Waals surface area contributed by atoms with Gasteiger partial charge in [0.2, 0.25) is 0 Å². The van der Waals surface area contributed by atoms with Gasteiger partial charge in [-0.25, -0.2) is 9.97 Å². The summed E-state index contributed by atoms with van der Waals surface area (Å²) in [6.45, 7) is 3.17. The molecule has 0 spiro atoms. The van der Waals surface area contributed by atoms with Crippen molar-refractivity contribution in [1.29, 1.82) is 0 Å². The van der Waals surface area contributed by atoms with Crippen LogP contribution in [-0.2, 0) is 6.42 Å². The van der Waals surface area contributed by atoms with Crippen molar-refractivity contribution in [2.24, 2.45) is 17.8 Å². The third-order valence-corrected chi connectivity index (χ3v) is 4.77. The average molecular weight is 260 g/mol. The first-order valence-corrected chi connectivity index (χ1v) is 7.58. The van der Waals surface area contributed by atoms with Crippen LogP contribution in [0.3, 0.4) is 0 Å². The molecule has 2 bridgehead atoms. The first-order chi connectivity index (χ1) is 9.28. The molecule has 1 aromatic rings.